The van der Waals surface area contributed by atoms with E-state index in [1.807, 2.05) is 24.8 Å². The van der Waals surface area contributed by atoms with Gasteiger partial charge < -0.3 is 19.5 Å². The zero-order valence-electron chi connectivity index (χ0n) is 16.5. The summed E-state index contributed by atoms with van der Waals surface area (Å²) < 4.78 is 7.32. The Hall–Kier alpha value is -1.82. The number of carbonyl (C=O) groups excluding carboxylic acids is 2. The molecule has 0 aliphatic carbocycles. The van der Waals surface area contributed by atoms with Crippen molar-refractivity contribution in [2.75, 3.05) is 33.4 Å². The van der Waals surface area contributed by atoms with E-state index >= 15 is 0 Å². The van der Waals surface area contributed by atoms with Gasteiger partial charge in [-0.1, -0.05) is 12.8 Å². The number of nitrogens with one attached hydrogen (secondary N) is 1. The van der Waals surface area contributed by atoms with Gasteiger partial charge in [-0.2, -0.15) is 0 Å². The van der Waals surface area contributed by atoms with Gasteiger partial charge in [0.1, 0.15) is 0 Å². The van der Waals surface area contributed by atoms with Gasteiger partial charge >= 0.3 is 0 Å². The van der Waals surface area contributed by atoms with Gasteiger partial charge in [0.15, 0.2) is 0 Å². The molecule has 0 radical (unpaired) electrons. The fourth-order valence-electron chi connectivity index (χ4n) is 3.55. The largest absolute Gasteiger partial charge is 0.385 e. The summed E-state index contributed by atoms with van der Waals surface area (Å²) in [6.45, 7) is 7.55. The van der Waals surface area contributed by atoms with Gasteiger partial charge in [-0.15, -0.1) is 0 Å². The molecule has 146 valence electrons. The van der Waals surface area contributed by atoms with E-state index in [-0.39, 0.29) is 11.8 Å². The summed E-state index contributed by atoms with van der Waals surface area (Å²) in [5, 5.41) is 2.94. The van der Waals surface area contributed by atoms with Crippen LogP contribution in [-0.2, 0) is 16.1 Å². The summed E-state index contributed by atoms with van der Waals surface area (Å²) in [4.78, 5) is 26.9. The second-order valence-corrected chi connectivity index (χ2v) is 7.09. The molecule has 6 heteroatoms. The molecule has 1 aliphatic rings. The van der Waals surface area contributed by atoms with Crippen LogP contribution in [0.4, 0.5) is 0 Å². The van der Waals surface area contributed by atoms with Crippen LogP contribution < -0.4 is 5.32 Å². The molecule has 1 fully saturated rings. The van der Waals surface area contributed by atoms with Crippen molar-refractivity contribution < 1.29 is 14.3 Å². The maximum Gasteiger partial charge on any atom is 0.255 e. The predicted octanol–water partition coefficient (Wildman–Crippen LogP) is 2.66. The van der Waals surface area contributed by atoms with E-state index in [0.29, 0.717) is 19.6 Å². The number of aryl methyl sites for hydroxylation is 1. The molecule has 0 bridgehead atoms. The van der Waals surface area contributed by atoms with Crippen LogP contribution in [0.1, 0.15) is 60.3 Å². The fourth-order valence-corrected chi connectivity index (χ4v) is 3.55. The van der Waals surface area contributed by atoms with Crippen LogP contribution in [0.2, 0.25) is 0 Å². The number of rotatable bonds is 5. The maximum absolute atomic E-state index is 13.1. The number of amides is 2. The Bertz CT molecular complexity index is 610. The van der Waals surface area contributed by atoms with E-state index < -0.39 is 0 Å². The molecule has 2 heterocycles. The van der Waals surface area contributed by atoms with Crippen LogP contribution in [-0.4, -0.2) is 54.6 Å². The molecule has 1 aromatic rings. The molecular formula is C20H33N3O3. The number of methoxy groups -OCH3 is 1. The van der Waals surface area contributed by atoms with Crippen molar-refractivity contribution in [3.05, 3.63) is 23.0 Å². The molecule has 26 heavy (non-hydrogen) atoms. The van der Waals surface area contributed by atoms with E-state index in [1.165, 1.54) is 0 Å². The van der Waals surface area contributed by atoms with Gasteiger partial charge in [-0.05, 0) is 39.2 Å². The average molecular weight is 364 g/mol. The highest BCUT2D eigenvalue weighted by atomic mass is 16.5. The van der Waals surface area contributed by atoms with Gasteiger partial charge in [0.2, 0.25) is 5.91 Å². The molecule has 0 aromatic carbocycles. The van der Waals surface area contributed by atoms with Crippen LogP contribution in [0.15, 0.2) is 6.07 Å². The minimum Gasteiger partial charge on any atom is -0.385 e. The number of hydrogen-bond donors (Lipinski definition) is 1. The Morgan fingerprint density at radius 1 is 1.19 bits per heavy atom. The molecule has 2 amide bonds. The van der Waals surface area contributed by atoms with E-state index in [1.54, 1.807) is 7.11 Å². The van der Waals surface area contributed by atoms with Gasteiger partial charge in [0.25, 0.3) is 5.91 Å². The highest BCUT2D eigenvalue weighted by Gasteiger charge is 2.22. The van der Waals surface area contributed by atoms with E-state index in [4.69, 9.17) is 4.74 Å². The molecule has 2 rings (SSSR count). The van der Waals surface area contributed by atoms with Crippen molar-refractivity contribution in [1.82, 2.24) is 14.8 Å². The van der Waals surface area contributed by atoms with E-state index in [2.05, 4.69) is 9.88 Å². The number of ether oxygens (including phenoxy) is 1. The molecule has 6 nitrogen and oxygen atoms in total. The van der Waals surface area contributed by atoms with Gasteiger partial charge in [0, 0.05) is 57.7 Å². The number of hydrogen-bond acceptors (Lipinski definition) is 3. The SMILES string of the molecule is COCCCn1c(C)cc(C(=O)N2CCCCCCNC(=O)CC2)c1C. The third-order valence-electron chi connectivity index (χ3n) is 5.11. The number of nitrogens with zero attached hydrogens (tertiary/aromatic N) is 2. The molecule has 1 aliphatic heterocycles. The monoisotopic (exact) mass is 363 g/mol. The van der Waals surface area contributed by atoms with E-state index in [0.717, 1.165) is 68.7 Å². The predicted molar refractivity (Wildman–Crippen MR) is 102 cm³/mol. The molecule has 0 unspecified atom stereocenters. The number of aromatic nitrogens is 1. The lowest BCUT2D eigenvalue weighted by Crippen LogP contribution is -2.36. The van der Waals surface area contributed by atoms with Crippen LogP contribution in [0, 0.1) is 13.8 Å². The average Bonchev–Trinajstić information content (AvgIpc) is 2.88. The lowest BCUT2D eigenvalue weighted by molar-refractivity contribution is -0.121. The second kappa shape index (κ2) is 10.4. The zero-order chi connectivity index (χ0) is 18.9. The fraction of sp³-hybridized carbons (Fsp3) is 0.700. The lowest BCUT2D eigenvalue weighted by Gasteiger charge is -2.22. The first-order valence-electron chi connectivity index (χ1n) is 9.76. The summed E-state index contributed by atoms with van der Waals surface area (Å²) >= 11 is 0. The quantitative estimate of drug-likeness (QED) is 0.818. The van der Waals surface area contributed by atoms with E-state index in [9.17, 15) is 9.59 Å². The molecular weight excluding hydrogens is 330 g/mol. The van der Waals surface area contributed by atoms with Crippen molar-refractivity contribution >= 4 is 11.8 Å². The molecule has 1 N–H and O–H groups in total. The summed E-state index contributed by atoms with van der Waals surface area (Å²) in [5.74, 6) is 0.0814. The van der Waals surface area contributed by atoms with Crippen molar-refractivity contribution in [1.29, 1.82) is 0 Å². The van der Waals surface area contributed by atoms with Crippen molar-refractivity contribution in [2.24, 2.45) is 0 Å². The first-order valence-corrected chi connectivity index (χ1v) is 9.76. The second-order valence-electron chi connectivity index (χ2n) is 7.09. The third-order valence-corrected chi connectivity index (χ3v) is 5.11. The molecule has 0 spiro atoms. The Balaban J connectivity index is 2.11. The van der Waals surface area contributed by atoms with Gasteiger partial charge in [-0.3, -0.25) is 9.59 Å². The minimum atomic E-state index is 0.0368. The Labute approximate surface area is 156 Å². The number of carbonyl (C=O) groups is 2. The summed E-state index contributed by atoms with van der Waals surface area (Å²) in [7, 11) is 1.70. The van der Waals surface area contributed by atoms with Gasteiger partial charge in [0.05, 0.1) is 5.56 Å². The normalized spacial score (nSPS) is 16.9. The topological polar surface area (TPSA) is 63.6 Å². The van der Waals surface area contributed by atoms with Crippen molar-refractivity contribution in [2.45, 2.75) is 58.9 Å². The summed E-state index contributed by atoms with van der Waals surface area (Å²) in [6.07, 6.45) is 5.49. The Morgan fingerprint density at radius 3 is 2.73 bits per heavy atom. The first-order chi connectivity index (χ1) is 12.5. The molecule has 0 atom stereocenters. The molecule has 0 saturated carbocycles. The standard InChI is InChI=1S/C20H33N3O3/c1-16-15-18(17(2)23(16)12-8-14-26-3)20(25)22-11-7-5-4-6-10-21-19(24)9-13-22/h15H,4-14H2,1-3H3,(H,21,24). The first kappa shape index (κ1) is 20.5. The highest BCUT2D eigenvalue weighted by Crippen LogP contribution is 2.19. The molecule has 1 saturated heterocycles. The zero-order valence-corrected chi connectivity index (χ0v) is 16.5. The van der Waals surface area contributed by atoms with Crippen molar-refractivity contribution in [3.8, 4) is 0 Å². The molecule has 1 aromatic heterocycles. The van der Waals surface area contributed by atoms with Crippen LogP contribution in [0.5, 0.6) is 0 Å². The van der Waals surface area contributed by atoms with Gasteiger partial charge in [-0.25, -0.2) is 0 Å². The van der Waals surface area contributed by atoms with Crippen LogP contribution >= 0.6 is 0 Å². The maximum atomic E-state index is 13.1. The van der Waals surface area contributed by atoms with Crippen LogP contribution in [0.3, 0.4) is 0 Å². The Kier molecular flexibility index (Phi) is 8.16. The highest BCUT2D eigenvalue weighted by molar-refractivity contribution is 5.96. The van der Waals surface area contributed by atoms with Crippen LogP contribution in [0.25, 0.3) is 0 Å². The minimum absolute atomic E-state index is 0.0368. The Morgan fingerprint density at radius 2 is 1.96 bits per heavy atom. The third kappa shape index (κ3) is 5.59. The smallest absolute Gasteiger partial charge is 0.255 e. The summed E-state index contributed by atoms with van der Waals surface area (Å²) in [6, 6.07) is 1.98. The van der Waals surface area contributed by atoms with Crippen molar-refractivity contribution in [3.63, 3.8) is 0 Å². The summed E-state index contributed by atoms with van der Waals surface area (Å²) in [5.41, 5.74) is 2.86. The lowest BCUT2D eigenvalue weighted by atomic mass is 10.1.